The Hall–Kier alpha value is -2.80. The Morgan fingerprint density at radius 1 is 1.21 bits per heavy atom. The molecule has 0 saturated heterocycles. The minimum atomic E-state index is -0.465. The summed E-state index contributed by atoms with van der Waals surface area (Å²) in [5.74, 6) is -0.598. The number of carbonyl (C=O) groups is 1. The summed E-state index contributed by atoms with van der Waals surface area (Å²) in [5, 5.41) is 14.3. The molecule has 0 radical (unpaired) electrons. The lowest BCUT2D eigenvalue weighted by molar-refractivity contribution is -0.384. The number of hydrogen-bond acceptors (Lipinski definition) is 4. The van der Waals surface area contributed by atoms with Crippen LogP contribution < -0.4 is 5.32 Å². The van der Waals surface area contributed by atoms with E-state index >= 15 is 0 Å². The van der Waals surface area contributed by atoms with Crippen molar-refractivity contribution in [2.45, 2.75) is 13.0 Å². The van der Waals surface area contributed by atoms with Gasteiger partial charge in [-0.05, 0) is 36.8 Å². The lowest BCUT2D eigenvalue weighted by atomic mass is 10.1. The lowest BCUT2D eigenvalue weighted by Gasteiger charge is -2.13. The van der Waals surface area contributed by atoms with Crippen LogP contribution in [0, 0.1) is 15.9 Å². The molecule has 0 bridgehead atoms. The van der Waals surface area contributed by atoms with Gasteiger partial charge in [-0.1, -0.05) is 12.1 Å². The first-order valence-electron chi connectivity index (χ1n) is 7.18. The van der Waals surface area contributed by atoms with Crippen LogP contribution in [0.5, 0.6) is 0 Å². The number of rotatable bonds is 4. The Balaban J connectivity index is 1.80. The van der Waals surface area contributed by atoms with Gasteiger partial charge in [0.15, 0.2) is 0 Å². The van der Waals surface area contributed by atoms with Crippen LogP contribution in [-0.2, 0) is 0 Å². The number of nitrogens with zero attached hydrogens (tertiary/aromatic N) is 1. The molecule has 3 rings (SSSR count). The van der Waals surface area contributed by atoms with E-state index in [2.05, 4.69) is 5.32 Å². The largest absolute Gasteiger partial charge is 0.345 e. The molecule has 5 nitrogen and oxygen atoms in total. The summed E-state index contributed by atoms with van der Waals surface area (Å²) in [5.41, 5.74) is 0.786. The fourth-order valence-corrected chi connectivity index (χ4v) is 3.31. The van der Waals surface area contributed by atoms with Gasteiger partial charge in [0.1, 0.15) is 5.82 Å². The fraction of sp³-hybridized carbons (Fsp3) is 0.118. The van der Waals surface area contributed by atoms with Gasteiger partial charge in [-0.25, -0.2) is 4.39 Å². The zero-order chi connectivity index (χ0) is 17.3. The molecule has 0 saturated carbocycles. The summed E-state index contributed by atoms with van der Waals surface area (Å²) in [6, 6.07) is 11.8. The van der Waals surface area contributed by atoms with Crippen molar-refractivity contribution >= 4 is 33.0 Å². The maximum atomic E-state index is 13.0. The second-order valence-electron chi connectivity index (χ2n) is 5.34. The highest BCUT2D eigenvalue weighted by molar-refractivity contribution is 7.20. The summed E-state index contributed by atoms with van der Waals surface area (Å²) in [7, 11) is 0. The van der Waals surface area contributed by atoms with Crippen LogP contribution in [0.25, 0.3) is 10.1 Å². The van der Waals surface area contributed by atoms with Crippen LogP contribution in [0.2, 0.25) is 0 Å². The molecular weight excluding hydrogens is 331 g/mol. The van der Waals surface area contributed by atoms with Crippen molar-refractivity contribution in [3.8, 4) is 0 Å². The Morgan fingerprint density at radius 2 is 1.92 bits per heavy atom. The normalized spacial score (nSPS) is 12.1. The number of benzene rings is 2. The molecule has 0 aliphatic heterocycles. The molecule has 7 heteroatoms. The molecule has 0 aliphatic rings. The molecule has 2 aromatic carbocycles. The zero-order valence-corrected chi connectivity index (χ0v) is 13.5. The third-order valence-corrected chi connectivity index (χ3v) is 4.77. The number of nitro benzene ring substituents is 1. The van der Waals surface area contributed by atoms with Crippen molar-refractivity contribution < 1.29 is 14.1 Å². The highest BCUT2D eigenvalue weighted by Crippen LogP contribution is 2.29. The van der Waals surface area contributed by atoms with E-state index < -0.39 is 4.92 Å². The molecule has 1 aromatic heterocycles. The number of nitrogens with one attached hydrogen (secondary N) is 1. The van der Waals surface area contributed by atoms with Crippen LogP contribution in [0.4, 0.5) is 10.1 Å². The van der Waals surface area contributed by atoms with E-state index in [4.69, 9.17) is 0 Å². The van der Waals surface area contributed by atoms with Gasteiger partial charge in [-0.2, -0.15) is 0 Å². The predicted molar refractivity (Wildman–Crippen MR) is 90.8 cm³/mol. The molecule has 24 heavy (non-hydrogen) atoms. The minimum Gasteiger partial charge on any atom is -0.345 e. The number of thiophene rings is 1. The number of nitro groups is 1. The first-order valence-corrected chi connectivity index (χ1v) is 8.00. The van der Waals surface area contributed by atoms with E-state index in [1.54, 1.807) is 24.3 Å². The SMILES string of the molecule is CC(NC(=O)c1cc2cc([N+](=O)[O-])ccc2s1)c1ccc(F)cc1. The average molecular weight is 344 g/mol. The van der Waals surface area contributed by atoms with E-state index in [0.717, 1.165) is 10.3 Å². The van der Waals surface area contributed by atoms with Crippen LogP contribution in [0.3, 0.4) is 0 Å². The van der Waals surface area contributed by atoms with Gasteiger partial charge in [0.2, 0.25) is 0 Å². The Bertz CT molecular complexity index is 921. The number of halogens is 1. The second kappa shape index (κ2) is 6.37. The van der Waals surface area contributed by atoms with Crippen molar-refractivity contribution in [2.24, 2.45) is 0 Å². The van der Waals surface area contributed by atoms with E-state index in [1.807, 2.05) is 6.92 Å². The highest BCUT2D eigenvalue weighted by Gasteiger charge is 2.16. The molecule has 1 amide bonds. The second-order valence-corrected chi connectivity index (χ2v) is 6.42. The summed E-state index contributed by atoms with van der Waals surface area (Å²) >= 11 is 1.27. The average Bonchev–Trinajstić information content (AvgIpc) is 2.98. The Kier molecular flexibility index (Phi) is 4.26. The van der Waals surface area contributed by atoms with Crippen LogP contribution in [-0.4, -0.2) is 10.8 Å². The third-order valence-electron chi connectivity index (χ3n) is 3.65. The maximum Gasteiger partial charge on any atom is 0.270 e. The van der Waals surface area contributed by atoms with Crippen molar-refractivity contribution in [3.63, 3.8) is 0 Å². The number of amides is 1. The van der Waals surface area contributed by atoms with Gasteiger partial charge in [0, 0.05) is 22.2 Å². The van der Waals surface area contributed by atoms with Gasteiger partial charge in [0.25, 0.3) is 11.6 Å². The summed E-state index contributed by atoms with van der Waals surface area (Å²) in [6.45, 7) is 1.81. The molecule has 0 spiro atoms. The van der Waals surface area contributed by atoms with Gasteiger partial charge in [-0.3, -0.25) is 14.9 Å². The zero-order valence-electron chi connectivity index (χ0n) is 12.7. The standard InChI is InChI=1S/C17H13FN2O3S/c1-10(11-2-4-13(18)5-3-11)19-17(21)16-9-12-8-14(20(22)23)6-7-15(12)24-16/h2-10H,1H3,(H,19,21). The number of non-ortho nitro benzene ring substituents is 1. The summed E-state index contributed by atoms with van der Waals surface area (Å²) in [6.07, 6.45) is 0. The molecule has 0 fully saturated rings. The highest BCUT2D eigenvalue weighted by atomic mass is 32.1. The summed E-state index contributed by atoms with van der Waals surface area (Å²) in [4.78, 5) is 23.2. The van der Waals surface area contributed by atoms with Gasteiger partial charge >= 0.3 is 0 Å². The molecule has 1 atom stereocenters. The van der Waals surface area contributed by atoms with Crippen molar-refractivity contribution in [1.29, 1.82) is 0 Å². The molecule has 1 unspecified atom stereocenters. The fourth-order valence-electron chi connectivity index (χ4n) is 2.36. The van der Waals surface area contributed by atoms with Crippen molar-refractivity contribution in [1.82, 2.24) is 5.32 Å². The van der Waals surface area contributed by atoms with E-state index in [1.165, 1.54) is 35.6 Å². The Morgan fingerprint density at radius 3 is 2.58 bits per heavy atom. The van der Waals surface area contributed by atoms with Gasteiger partial charge in [-0.15, -0.1) is 11.3 Å². The van der Waals surface area contributed by atoms with Crippen molar-refractivity contribution in [3.05, 3.63) is 74.9 Å². The van der Waals surface area contributed by atoms with Crippen LogP contribution in [0.15, 0.2) is 48.5 Å². The smallest absolute Gasteiger partial charge is 0.270 e. The molecule has 1 N–H and O–H groups in total. The van der Waals surface area contributed by atoms with E-state index in [0.29, 0.717) is 10.3 Å². The molecule has 3 aromatic rings. The maximum absolute atomic E-state index is 13.0. The number of carbonyl (C=O) groups excluding carboxylic acids is 1. The minimum absolute atomic E-state index is 0.00746. The molecule has 1 heterocycles. The topological polar surface area (TPSA) is 72.2 Å². The quantitative estimate of drug-likeness (QED) is 0.562. The lowest BCUT2D eigenvalue weighted by Crippen LogP contribution is -2.25. The van der Waals surface area contributed by atoms with E-state index in [-0.39, 0.29) is 23.5 Å². The molecular formula is C17H13FN2O3S. The van der Waals surface area contributed by atoms with E-state index in [9.17, 15) is 19.3 Å². The monoisotopic (exact) mass is 344 g/mol. The first kappa shape index (κ1) is 16.1. The number of fused-ring (bicyclic) bond motifs is 1. The van der Waals surface area contributed by atoms with Gasteiger partial charge < -0.3 is 5.32 Å². The third kappa shape index (κ3) is 3.26. The van der Waals surface area contributed by atoms with Crippen molar-refractivity contribution in [2.75, 3.05) is 0 Å². The molecule has 0 aliphatic carbocycles. The number of hydrogen-bond donors (Lipinski definition) is 1. The molecule has 122 valence electrons. The van der Waals surface area contributed by atoms with Crippen LogP contribution >= 0.6 is 11.3 Å². The van der Waals surface area contributed by atoms with Crippen LogP contribution in [0.1, 0.15) is 28.2 Å². The predicted octanol–water partition coefficient (Wildman–Crippen LogP) is 4.44. The summed E-state index contributed by atoms with van der Waals surface area (Å²) < 4.78 is 13.8. The Labute approximate surface area is 140 Å². The first-order chi connectivity index (χ1) is 11.4. The van der Waals surface area contributed by atoms with Gasteiger partial charge in [0.05, 0.1) is 15.8 Å².